The summed E-state index contributed by atoms with van der Waals surface area (Å²) in [6, 6.07) is 4.71. The van der Waals surface area contributed by atoms with Gasteiger partial charge in [-0.05, 0) is 50.3 Å². The Balaban J connectivity index is 1.65. The van der Waals surface area contributed by atoms with Crippen molar-refractivity contribution >= 4 is 23.6 Å². The molecule has 26 heavy (non-hydrogen) atoms. The first-order valence-corrected chi connectivity index (χ1v) is 9.14. The third-order valence-electron chi connectivity index (χ3n) is 5.18. The van der Waals surface area contributed by atoms with Gasteiger partial charge in [-0.25, -0.2) is 9.59 Å². The number of hydrogen-bond acceptors (Lipinski definition) is 3. The number of aromatic carboxylic acids is 1. The Morgan fingerprint density at radius 3 is 2.46 bits per heavy atom. The van der Waals surface area contributed by atoms with E-state index in [4.69, 9.17) is 5.11 Å². The van der Waals surface area contributed by atoms with E-state index in [1.165, 1.54) is 12.1 Å². The van der Waals surface area contributed by atoms with Crippen LogP contribution in [0, 0.1) is 12.8 Å². The van der Waals surface area contributed by atoms with Gasteiger partial charge in [-0.1, -0.05) is 6.07 Å². The Bertz CT molecular complexity index is 713. The van der Waals surface area contributed by atoms with Crippen LogP contribution in [0.25, 0.3) is 0 Å². The van der Waals surface area contributed by atoms with Crippen LogP contribution in [0.2, 0.25) is 0 Å². The summed E-state index contributed by atoms with van der Waals surface area (Å²) >= 11 is 0. The van der Waals surface area contributed by atoms with Crippen molar-refractivity contribution < 1.29 is 19.5 Å². The molecule has 1 aromatic rings. The molecule has 3 rings (SSSR count). The molecule has 1 unspecified atom stereocenters. The number of carboxylic acid groups (broad SMARTS) is 1. The summed E-state index contributed by atoms with van der Waals surface area (Å²) in [6.45, 7) is 4.53. The standard InChI is InChI=1S/C19H25N3O4/c1-13-6-7-14(18(24)25)11-16(13)20-17(23)15-5-4-10-22(12-15)19(26)21-8-2-3-9-21/h6-7,11,15H,2-5,8-10,12H2,1H3,(H,20,23)(H,24,25). The minimum atomic E-state index is -1.03. The maximum atomic E-state index is 12.7. The van der Waals surface area contributed by atoms with Crippen LogP contribution in [-0.4, -0.2) is 59.0 Å². The number of hydrogen-bond donors (Lipinski definition) is 2. The molecule has 0 radical (unpaired) electrons. The second kappa shape index (κ2) is 7.76. The minimum absolute atomic E-state index is 0.0315. The van der Waals surface area contributed by atoms with Gasteiger partial charge in [0.15, 0.2) is 0 Å². The zero-order valence-electron chi connectivity index (χ0n) is 15.0. The molecule has 0 spiro atoms. The van der Waals surface area contributed by atoms with Crippen LogP contribution in [0.5, 0.6) is 0 Å². The summed E-state index contributed by atoms with van der Waals surface area (Å²) in [4.78, 5) is 40.0. The van der Waals surface area contributed by atoms with E-state index < -0.39 is 5.97 Å². The van der Waals surface area contributed by atoms with Crippen LogP contribution in [0.3, 0.4) is 0 Å². The molecule has 2 saturated heterocycles. The topological polar surface area (TPSA) is 90.0 Å². The molecule has 0 aromatic heterocycles. The third kappa shape index (κ3) is 3.98. The van der Waals surface area contributed by atoms with Gasteiger partial charge in [-0.15, -0.1) is 0 Å². The number of carboxylic acids is 1. The average molecular weight is 359 g/mol. The Morgan fingerprint density at radius 1 is 1.08 bits per heavy atom. The van der Waals surface area contributed by atoms with Crippen LogP contribution in [-0.2, 0) is 4.79 Å². The van der Waals surface area contributed by atoms with Gasteiger partial charge in [-0.2, -0.15) is 0 Å². The van der Waals surface area contributed by atoms with Crippen LogP contribution in [0.15, 0.2) is 18.2 Å². The van der Waals surface area contributed by atoms with E-state index >= 15 is 0 Å². The fraction of sp³-hybridized carbons (Fsp3) is 0.526. The summed E-state index contributed by atoms with van der Waals surface area (Å²) in [7, 11) is 0. The molecule has 1 aromatic carbocycles. The molecule has 2 heterocycles. The van der Waals surface area contributed by atoms with E-state index in [9.17, 15) is 14.4 Å². The molecule has 0 bridgehead atoms. The first-order chi connectivity index (χ1) is 12.5. The fourth-order valence-electron chi connectivity index (χ4n) is 3.60. The van der Waals surface area contributed by atoms with E-state index in [0.717, 1.165) is 44.3 Å². The summed E-state index contributed by atoms with van der Waals surface area (Å²) < 4.78 is 0. The number of benzene rings is 1. The summed E-state index contributed by atoms with van der Waals surface area (Å²) in [6.07, 6.45) is 3.62. The first kappa shape index (κ1) is 18.2. The molecule has 140 valence electrons. The number of piperidine rings is 1. The summed E-state index contributed by atoms with van der Waals surface area (Å²) in [5.41, 5.74) is 1.46. The summed E-state index contributed by atoms with van der Waals surface area (Å²) in [5.74, 6) is -1.46. The van der Waals surface area contributed by atoms with Gasteiger partial charge in [0.1, 0.15) is 0 Å². The molecule has 2 aliphatic rings. The number of urea groups is 1. The largest absolute Gasteiger partial charge is 0.478 e. The van der Waals surface area contributed by atoms with Crippen molar-refractivity contribution in [2.45, 2.75) is 32.6 Å². The van der Waals surface area contributed by atoms with E-state index in [1.807, 2.05) is 11.8 Å². The SMILES string of the molecule is Cc1ccc(C(=O)O)cc1NC(=O)C1CCCN(C(=O)N2CCCC2)C1. The third-order valence-corrected chi connectivity index (χ3v) is 5.18. The normalized spacial score (nSPS) is 20.1. The van der Waals surface area contributed by atoms with Gasteiger partial charge in [-0.3, -0.25) is 4.79 Å². The molecule has 2 N–H and O–H groups in total. The number of anilines is 1. The Labute approximate surface area is 153 Å². The molecule has 0 saturated carbocycles. The highest BCUT2D eigenvalue weighted by Gasteiger charge is 2.31. The van der Waals surface area contributed by atoms with E-state index in [0.29, 0.717) is 18.8 Å². The average Bonchev–Trinajstić information content (AvgIpc) is 3.17. The van der Waals surface area contributed by atoms with Crippen molar-refractivity contribution in [3.63, 3.8) is 0 Å². The highest BCUT2D eigenvalue weighted by Crippen LogP contribution is 2.23. The Hall–Kier alpha value is -2.57. The van der Waals surface area contributed by atoms with Crippen molar-refractivity contribution in [2.75, 3.05) is 31.5 Å². The molecule has 7 nitrogen and oxygen atoms in total. The van der Waals surface area contributed by atoms with Gasteiger partial charge in [0.2, 0.25) is 5.91 Å². The van der Waals surface area contributed by atoms with Crippen molar-refractivity contribution in [1.29, 1.82) is 0 Å². The molecule has 2 aliphatic heterocycles. The second-order valence-corrected chi connectivity index (χ2v) is 7.09. The minimum Gasteiger partial charge on any atom is -0.478 e. The molecular formula is C19H25N3O4. The molecule has 2 fully saturated rings. The quantitative estimate of drug-likeness (QED) is 0.868. The number of rotatable bonds is 3. The number of likely N-dealkylation sites (tertiary alicyclic amines) is 2. The molecule has 3 amide bonds. The molecule has 7 heteroatoms. The lowest BCUT2D eigenvalue weighted by molar-refractivity contribution is -0.121. The fourth-order valence-corrected chi connectivity index (χ4v) is 3.60. The number of aryl methyl sites for hydroxylation is 1. The zero-order valence-corrected chi connectivity index (χ0v) is 15.0. The highest BCUT2D eigenvalue weighted by atomic mass is 16.4. The van der Waals surface area contributed by atoms with Crippen molar-refractivity contribution in [3.05, 3.63) is 29.3 Å². The maximum absolute atomic E-state index is 12.7. The van der Waals surface area contributed by atoms with Gasteiger partial charge < -0.3 is 20.2 Å². The monoisotopic (exact) mass is 359 g/mol. The van der Waals surface area contributed by atoms with Crippen LogP contribution < -0.4 is 5.32 Å². The predicted molar refractivity (Wildman–Crippen MR) is 97.3 cm³/mol. The first-order valence-electron chi connectivity index (χ1n) is 9.14. The number of carbonyl (C=O) groups excluding carboxylic acids is 2. The highest BCUT2D eigenvalue weighted by molar-refractivity contribution is 5.96. The number of amides is 3. The van der Waals surface area contributed by atoms with Crippen LogP contribution >= 0.6 is 0 Å². The van der Waals surface area contributed by atoms with Crippen molar-refractivity contribution in [1.82, 2.24) is 9.80 Å². The predicted octanol–water partition coefficient (Wildman–Crippen LogP) is 2.56. The van der Waals surface area contributed by atoms with Crippen molar-refractivity contribution in [2.24, 2.45) is 5.92 Å². The molecular weight excluding hydrogens is 334 g/mol. The van der Waals surface area contributed by atoms with Gasteiger partial charge in [0, 0.05) is 31.9 Å². The van der Waals surface area contributed by atoms with E-state index in [2.05, 4.69) is 5.32 Å². The lowest BCUT2D eigenvalue weighted by atomic mass is 9.97. The van der Waals surface area contributed by atoms with Gasteiger partial charge in [0.05, 0.1) is 11.5 Å². The maximum Gasteiger partial charge on any atom is 0.335 e. The van der Waals surface area contributed by atoms with E-state index in [1.54, 1.807) is 11.0 Å². The van der Waals surface area contributed by atoms with Crippen LogP contribution in [0.4, 0.5) is 10.5 Å². The van der Waals surface area contributed by atoms with Crippen LogP contribution in [0.1, 0.15) is 41.6 Å². The summed E-state index contributed by atoms with van der Waals surface area (Å²) in [5, 5.41) is 12.0. The van der Waals surface area contributed by atoms with E-state index in [-0.39, 0.29) is 23.4 Å². The Morgan fingerprint density at radius 2 is 1.77 bits per heavy atom. The van der Waals surface area contributed by atoms with Gasteiger partial charge >= 0.3 is 12.0 Å². The molecule has 0 aliphatic carbocycles. The smallest absolute Gasteiger partial charge is 0.335 e. The number of nitrogens with zero attached hydrogens (tertiary/aromatic N) is 2. The second-order valence-electron chi connectivity index (χ2n) is 7.09. The lowest BCUT2D eigenvalue weighted by Crippen LogP contribution is -2.48. The number of nitrogens with one attached hydrogen (secondary N) is 1. The zero-order chi connectivity index (χ0) is 18.7. The van der Waals surface area contributed by atoms with Crippen molar-refractivity contribution in [3.8, 4) is 0 Å². The Kier molecular flexibility index (Phi) is 5.44. The molecule has 1 atom stereocenters. The number of carbonyl (C=O) groups is 3. The van der Waals surface area contributed by atoms with Gasteiger partial charge in [0.25, 0.3) is 0 Å². The lowest BCUT2D eigenvalue weighted by Gasteiger charge is -2.34.